The van der Waals surface area contributed by atoms with Crippen LogP contribution in [0.5, 0.6) is 0 Å². The topological polar surface area (TPSA) is 60.9 Å². The predicted octanol–water partition coefficient (Wildman–Crippen LogP) is 2.40. The molecule has 0 saturated carbocycles. The molecular formula is C13H11N3OS. The molecule has 0 aliphatic rings. The molecule has 1 aromatic carbocycles. The molecule has 2 heterocycles. The number of benzene rings is 1. The third-order valence-corrected chi connectivity index (χ3v) is 3.74. The van der Waals surface area contributed by atoms with Crippen LogP contribution in [0.15, 0.2) is 35.8 Å². The Hall–Kier alpha value is -2.14. The van der Waals surface area contributed by atoms with Crippen LogP contribution in [-0.2, 0) is 7.05 Å². The van der Waals surface area contributed by atoms with Gasteiger partial charge in [0.1, 0.15) is 0 Å². The lowest BCUT2D eigenvalue weighted by molar-refractivity contribution is 0.1000. The summed E-state index contributed by atoms with van der Waals surface area (Å²) >= 11 is 1.28. The van der Waals surface area contributed by atoms with Gasteiger partial charge in [-0.25, -0.2) is 4.98 Å². The van der Waals surface area contributed by atoms with Crippen molar-refractivity contribution in [2.75, 3.05) is 0 Å². The molecule has 4 nitrogen and oxygen atoms in total. The van der Waals surface area contributed by atoms with E-state index < -0.39 is 5.91 Å². The van der Waals surface area contributed by atoms with Crippen LogP contribution in [0.3, 0.4) is 0 Å². The van der Waals surface area contributed by atoms with Gasteiger partial charge in [-0.15, -0.1) is 11.3 Å². The van der Waals surface area contributed by atoms with Crippen molar-refractivity contribution in [1.82, 2.24) is 9.55 Å². The number of nitrogens with zero attached hydrogens (tertiary/aromatic N) is 2. The maximum Gasteiger partial charge on any atom is 0.277 e. The number of fused-ring (bicyclic) bond motifs is 1. The number of rotatable bonds is 2. The fourth-order valence-corrected chi connectivity index (χ4v) is 2.73. The largest absolute Gasteiger partial charge is 0.364 e. The number of primary amides is 1. The van der Waals surface area contributed by atoms with E-state index in [4.69, 9.17) is 5.73 Å². The molecule has 3 aromatic rings. The summed E-state index contributed by atoms with van der Waals surface area (Å²) < 4.78 is 2.05. The first-order valence-electron chi connectivity index (χ1n) is 5.46. The van der Waals surface area contributed by atoms with E-state index in [0.717, 1.165) is 22.2 Å². The number of carbonyl (C=O) groups excluding carboxylic acids is 1. The van der Waals surface area contributed by atoms with E-state index >= 15 is 0 Å². The molecule has 0 fully saturated rings. The maximum absolute atomic E-state index is 11.1. The summed E-state index contributed by atoms with van der Waals surface area (Å²) in [5.74, 6) is -0.480. The standard InChI is InChI=1S/C13H11N3OS/c1-16-6-9(8-4-2-3-5-11(8)16)10-7-18-13(15-10)12(14)17/h2-7H,1H3,(H2,14,17). The van der Waals surface area contributed by atoms with E-state index in [1.165, 1.54) is 11.3 Å². The molecule has 3 rings (SSSR count). The van der Waals surface area contributed by atoms with Crippen molar-refractivity contribution in [1.29, 1.82) is 0 Å². The molecule has 0 unspecified atom stereocenters. The Balaban J connectivity index is 2.22. The lowest BCUT2D eigenvalue weighted by Crippen LogP contribution is -2.10. The monoisotopic (exact) mass is 257 g/mol. The van der Waals surface area contributed by atoms with Crippen molar-refractivity contribution < 1.29 is 4.79 Å². The van der Waals surface area contributed by atoms with Crippen molar-refractivity contribution >= 4 is 28.1 Å². The van der Waals surface area contributed by atoms with Crippen molar-refractivity contribution in [2.24, 2.45) is 12.8 Å². The van der Waals surface area contributed by atoms with Crippen LogP contribution in [0.2, 0.25) is 0 Å². The average molecular weight is 257 g/mol. The minimum absolute atomic E-state index is 0.345. The van der Waals surface area contributed by atoms with Crippen LogP contribution in [-0.4, -0.2) is 15.5 Å². The van der Waals surface area contributed by atoms with E-state index in [9.17, 15) is 4.79 Å². The van der Waals surface area contributed by atoms with Crippen molar-refractivity contribution in [3.63, 3.8) is 0 Å². The summed E-state index contributed by atoms with van der Waals surface area (Å²) in [6.07, 6.45) is 2.02. The Labute approximate surface area is 108 Å². The molecule has 0 bridgehead atoms. The molecule has 1 amide bonds. The first kappa shape index (κ1) is 11.0. The van der Waals surface area contributed by atoms with Crippen LogP contribution in [0.25, 0.3) is 22.2 Å². The smallest absolute Gasteiger partial charge is 0.277 e. The highest BCUT2D eigenvalue weighted by atomic mass is 32.1. The Kier molecular flexibility index (Phi) is 2.41. The SMILES string of the molecule is Cn1cc(-c2csc(C(N)=O)n2)c2ccccc21. The highest BCUT2D eigenvalue weighted by Crippen LogP contribution is 2.30. The fraction of sp³-hybridized carbons (Fsp3) is 0.0769. The van der Waals surface area contributed by atoms with Crippen molar-refractivity contribution in [3.8, 4) is 11.3 Å². The minimum Gasteiger partial charge on any atom is -0.364 e. The molecule has 2 N–H and O–H groups in total. The van der Waals surface area contributed by atoms with E-state index in [1.807, 2.05) is 41.4 Å². The van der Waals surface area contributed by atoms with Crippen LogP contribution in [0, 0.1) is 0 Å². The molecule has 0 aliphatic heterocycles. The molecule has 0 radical (unpaired) electrons. The Morgan fingerprint density at radius 2 is 2.17 bits per heavy atom. The molecule has 18 heavy (non-hydrogen) atoms. The molecule has 90 valence electrons. The van der Waals surface area contributed by atoms with E-state index in [0.29, 0.717) is 5.01 Å². The number of hydrogen-bond acceptors (Lipinski definition) is 3. The summed E-state index contributed by atoms with van der Waals surface area (Å²) in [4.78, 5) is 15.4. The van der Waals surface area contributed by atoms with Gasteiger partial charge in [-0.05, 0) is 6.07 Å². The number of amides is 1. The second kappa shape index (κ2) is 3.96. The fourth-order valence-electron chi connectivity index (χ4n) is 2.06. The van der Waals surface area contributed by atoms with E-state index in [1.54, 1.807) is 0 Å². The normalized spacial score (nSPS) is 10.9. The predicted molar refractivity (Wildman–Crippen MR) is 72.5 cm³/mol. The van der Waals surface area contributed by atoms with Gasteiger partial charge in [-0.1, -0.05) is 18.2 Å². The number of nitrogens with two attached hydrogens (primary N) is 1. The van der Waals surface area contributed by atoms with Gasteiger partial charge in [0.15, 0.2) is 5.01 Å². The van der Waals surface area contributed by atoms with Gasteiger partial charge in [0.25, 0.3) is 5.91 Å². The second-order valence-electron chi connectivity index (χ2n) is 4.07. The third kappa shape index (κ3) is 1.60. The van der Waals surface area contributed by atoms with Gasteiger partial charge in [-0.3, -0.25) is 4.79 Å². The number of carbonyl (C=O) groups is 1. The van der Waals surface area contributed by atoms with Crippen molar-refractivity contribution in [3.05, 3.63) is 40.8 Å². The highest BCUT2D eigenvalue weighted by molar-refractivity contribution is 7.12. The van der Waals surface area contributed by atoms with E-state index in [-0.39, 0.29) is 0 Å². The number of aromatic nitrogens is 2. The lowest BCUT2D eigenvalue weighted by atomic mass is 10.1. The zero-order chi connectivity index (χ0) is 12.7. The van der Waals surface area contributed by atoms with E-state index in [2.05, 4.69) is 11.1 Å². The zero-order valence-corrected chi connectivity index (χ0v) is 10.6. The van der Waals surface area contributed by atoms with Gasteiger partial charge in [0.05, 0.1) is 5.69 Å². The number of para-hydroxylation sites is 1. The third-order valence-electron chi connectivity index (χ3n) is 2.89. The molecule has 0 atom stereocenters. The number of hydrogen-bond donors (Lipinski definition) is 1. The maximum atomic E-state index is 11.1. The first-order valence-corrected chi connectivity index (χ1v) is 6.34. The summed E-state index contributed by atoms with van der Waals surface area (Å²) in [5, 5.41) is 3.33. The molecule has 0 spiro atoms. The average Bonchev–Trinajstić information content (AvgIpc) is 2.95. The zero-order valence-electron chi connectivity index (χ0n) is 9.75. The Bertz CT molecular complexity index is 742. The quantitative estimate of drug-likeness (QED) is 0.766. The molecule has 5 heteroatoms. The van der Waals surface area contributed by atoms with Gasteiger partial charge < -0.3 is 10.3 Å². The van der Waals surface area contributed by atoms with Crippen LogP contribution >= 0.6 is 11.3 Å². The minimum atomic E-state index is -0.480. The summed E-state index contributed by atoms with van der Waals surface area (Å²) in [7, 11) is 1.99. The number of thiazole rings is 1. The molecular weight excluding hydrogens is 246 g/mol. The molecule has 0 saturated heterocycles. The Morgan fingerprint density at radius 3 is 2.89 bits per heavy atom. The summed E-state index contributed by atoms with van der Waals surface area (Å²) in [6, 6.07) is 8.10. The first-order chi connectivity index (χ1) is 8.66. The molecule has 0 aliphatic carbocycles. The Morgan fingerprint density at radius 1 is 1.39 bits per heavy atom. The van der Waals surface area contributed by atoms with Gasteiger partial charge in [0, 0.05) is 35.1 Å². The van der Waals surface area contributed by atoms with Gasteiger partial charge in [-0.2, -0.15) is 0 Å². The second-order valence-corrected chi connectivity index (χ2v) is 4.93. The molecule has 2 aromatic heterocycles. The summed E-state index contributed by atoms with van der Waals surface area (Å²) in [6.45, 7) is 0. The van der Waals surface area contributed by atoms with Crippen LogP contribution in [0.4, 0.5) is 0 Å². The van der Waals surface area contributed by atoms with Gasteiger partial charge in [0.2, 0.25) is 0 Å². The lowest BCUT2D eigenvalue weighted by Gasteiger charge is -1.94. The van der Waals surface area contributed by atoms with Crippen molar-refractivity contribution in [2.45, 2.75) is 0 Å². The summed E-state index contributed by atoms with van der Waals surface area (Å²) in [5.41, 5.74) is 8.19. The number of aryl methyl sites for hydroxylation is 1. The van der Waals surface area contributed by atoms with Gasteiger partial charge >= 0.3 is 0 Å². The highest BCUT2D eigenvalue weighted by Gasteiger charge is 2.13. The van der Waals surface area contributed by atoms with Crippen LogP contribution < -0.4 is 5.73 Å². The van der Waals surface area contributed by atoms with Crippen LogP contribution in [0.1, 0.15) is 9.80 Å².